The Hall–Kier alpha value is -7.82. The molecule has 0 atom stereocenters. The first-order chi connectivity index (χ1) is 28.7. The van der Waals surface area contributed by atoms with Gasteiger partial charge in [0.15, 0.2) is 0 Å². The van der Waals surface area contributed by atoms with Crippen molar-refractivity contribution in [1.29, 1.82) is 0 Å². The lowest BCUT2D eigenvalue weighted by molar-refractivity contribution is 1.22. The Bertz CT molecular complexity index is 3260. The van der Waals surface area contributed by atoms with Gasteiger partial charge in [-0.05, 0) is 132 Å². The fourth-order valence-corrected chi connectivity index (χ4v) is 8.47. The summed E-state index contributed by atoms with van der Waals surface area (Å²) >= 11 is 0. The van der Waals surface area contributed by atoms with Crippen LogP contribution in [0.1, 0.15) is 0 Å². The van der Waals surface area contributed by atoms with Crippen molar-refractivity contribution in [3.63, 3.8) is 0 Å². The Kier molecular flexibility index (Phi) is 8.11. The van der Waals surface area contributed by atoms with E-state index < -0.39 is 0 Å². The molecule has 0 aliphatic rings. The number of nitrogens with zero attached hydrogens (tertiary/aromatic N) is 4. The van der Waals surface area contributed by atoms with E-state index in [0.29, 0.717) is 0 Å². The van der Waals surface area contributed by atoms with Gasteiger partial charge in [0.25, 0.3) is 0 Å². The van der Waals surface area contributed by atoms with Gasteiger partial charge in [-0.15, -0.1) is 0 Å². The Morgan fingerprint density at radius 3 is 1.48 bits per heavy atom. The maximum absolute atomic E-state index is 5.05. The molecule has 0 saturated heterocycles. The molecule has 0 fully saturated rings. The van der Waals surface area contributed by atoms with Crippen LogP contribution < -0.4 is 0 Å². The molecular formula is C54H34N4. The summed E-state index contributed by atoms with van der Waals surface area (Å²) in [6, 6.07) is 66.5. The molecule has 0 aliphatic heterocycles. The van der Waals surface area contributed by atoms with Crippen LogP contribution in [0.5, 0.6) is 0 Å². The third-order valence-corrected chi connectivity index (χ3v) is 11.2. The van der Waals surface area contributed by atoms with Crippen molar-refractivity contribution < 1.29 is 0 Å². The van der Waals surface area contributed by atoms with Crippen molar-refractivity contribution in [2.75, 3.05) is 0 Å². The summed E-state index contributed by atoms with van der Waals surface area (Å²) in [6.45, 7) is 0. The topological polar surface area (TPSA) is 51.6 Å². The molecule has 11 rings (SSSR count). The van der Waals surface area contributed by atoms with Gasteiger partial charge in [-0.25, -0.2) is 4.98 Å². The van der Waals surface area contributed by atoms with Gasteiger partial charge < -0.3 is 0 Å². The summed E-state index contributed by atoms with van der Waals surface area (Å²) < 4.78 is 0. The Labute approximate surface area is 335 Å². The third-order valence-electron chi connectivity index (χ3n) is 11.2. The van der Waals surface area contributed by atoms with Crippen molar-refractivity contribution in [1.82, 2.24) is 19.9 Å². The van der Waals surface area contributed by atoms with Crippen LogP contribution >= 0.6 is 0 Å². The van der Waals surface area contributed by atoms with Crippen molar-refractivity contribution >= 4 is 43.1 Å². The second-order valence-electron chi connectivity index (χ2n) is 14.6. The highest BCUT2D eigenvalue weighted by Crippen LogP contribution is 2.43. The van der Waals surface area contributed by atoms with Gasteiger partial charge in [0, 0.05) is 29.7 Å². The summed E-state index contributed by atoms with van der Waals surface area (Å²) in [6.07, 6.45) is 5.65. The number of fused-ring (bicyclic) bond motifs is 6. The number of aromatic nitrogens is 4. The van der Waals surface area contributed by atoms with Gasteiger partial charge in [0.2, 0.25) is 0 Å². The molecule has 4 heterocycles. The van der Waals surface area contributed by atoms with Gasteiger partial charge in [-0.2, -0.15) is 0 Å². The number of hydrogen-bond acceptors (Lipinski definition) is 4. The Balaban J connectivity index is 1.07. The quantitative estimate of drug-likeness (QED) is 0.159. The van der Waals surface area contributed by atoms with Gasteiger partial charge in [0.05, 0.1) is 28.5 Å². The summed E-state index contributed by atoms with van der Waals surface area (Å²) in [5, 5.41) is 9.73. The number of rotatable bonds is 6. The summed E-state index contributed by atoms with van der Waals surface area (Å²) in [5.74, 6) is 0. The molecule has 4 nitrogen and oxygen atoms in total. The van der Waals surface area contributed by atoms with Crippen molar-refractivity contribution in [2.24, 2.45) is 0 Å². The van der Waals surface area contributed by atoms with Crippen molar-refractivity contribution in [2.45, 2.75) is 0 Å². The molecule has 0 spiro atoms. The Morgan fingerprint density at radius 2 is 0.845 bits per heavy atom. The van der Waals surface area contributed by atoms with E-state index in [1.807, 2.05) is 55.0 Å². The van der Waals surface area contributed by atoms with E-state index >= 15 is 0 Å². The molecule has 0 bridgehead atoms. The summed E-state index contributed by atoms with van der Waals surface area (Å²) in [7, 11) is 0. The lowest BCUT2D eigenvalue weighted by atomic mass is 9.87. The van der Waals surface area contributed by atoms with Gasteiger partial charge in [-0.3, -0.25) is 15.0 Å². The largest absolute Gasteiger partial charge is 0.256 e. The molecule has 270 valence electrons. The normalized spacial score (nSPS) is 11.4. The van der Waals surface area contributed by atoms with Crippen LogP contribution in [-0.4, -0.2) is 19.9 Å². The molecule has 0 saturated carbocycles. The van der Waals surface area contributed by atoms with Crippen LogP contribution in [0.2, 0.25) is 0 Å². The first kappa shape index (κ1) is 33.5. The Morgan fingerprint density at radius 1 is 0.276 bits per heavy atom. The summed E-state index contributed by atoms with van der Waals surface area (Å²) in [5.41, 5.74) is 12.1. The van der Waals surface area contributed by atoms with Crippen LogP contribution in [0, 0.1) is 0 Å². The zero-order valence-electron chi connectivity index (χ0n) is 31.4. The predicted molar refractivity (Wildman–Crippen MR) is 240 cm³/mol. The lowest BCUT2D eigenvalue weighted by Crippen LogP contribution is -1.94. The van der Waals surface area contributed by atoms with Crippen LogP contribution in [0.25, 0.3) is 111 Å². The smallest absolute Gasteiger partial charge is 0.0900 e. The minimum atomic E-state index is 0.805. The van der Waals surface area contributed by atoms with E-state index in [2.05, 4.69) is 162 Å². The molecule has 0 N–H and O–H groups in total. The maximum atomic E-state index is 5.05. The van der Waals surface area contributed by atoms with E-state index in [1.54, 1.807) is 0 Å². The highest BCUT2D eigenvalue weighted by atomic mass is 14.8. The first-order valence-corrected chi connectivity index (χ1v) is 19.5. The van der Waals surface area contributed by atoms with Crippen LogP contribution in [0.4, 0.5) is 0 Å². The molecule has 0 amide bonds. The molecule has 0 radical (unpaired) electrons. The zero-order valence-corrected chi connectivity index (χ0v) is 31.4. The monoisotopic (exact) mass is 738 g/mol. The number of pyridine rings is 4. The second kappa shape index (κ2) is 14.0. The highest BCUT2D eigenvalue weighted by molar-refractivity contribution is 6.25. The molecule has 0 unspecified atom stereocenters. The zero-order chi connectivity index (χ0) is 38.4. The maximum Gasteiger partial charge on any atom is 0.0900 e. The molecule has 0 aliphatic carbocycles. The lowest BCUT2D eigenvalue weighted by Gasteiger charge is -2.17. The van der Waals surface area contributed by atoms with Crippen LogP contribution in [-0.2, 0) is 0 Å². The van der Waals surface area contributed by atoms with E-state index in [-0.39, 0.29) is 0 Å². The average molecular weight is 739 g/mol. The SMILES string of the molecule is c1ccc(-c2cc(-c3cccc(-c4cc5cc(-c6ccc(-c7cccc8ccccc78)nc6)c6ccccc6c5c5ccccc45)c3)cc(-c3ccccn3)n2)nc1. The standard InChI is InChI=1S/C54H34N4/c1-2-17-41-35(13-1)14-12-22-44(41)49-26-25-38(34-57-49)48-31-40-30-47(42-18-3-5-20-45(42)54(40)46-21-6-4-19-43(46)48)37-16-11-15-36(29-37)39-32-52(50-23-7-9-27-55-50)58-53(33-39)51-24-8-10-28-56-51/h1-34H. The molecule has 58 heavy (non-hydrogen) atoms. The van der Waals surface area contributed by atoms with Gasteiger partial charge >= 0.3 is 0 Å². The minimum absolute atomic E-state index is 0.805. The van der Waals surface area contributed by atoms with E-state index in [0.717, 1.165) is 61.9 Å². The van der Waals surface area contributed by atoms with Crippen molar-refractivity contribution in [3.05, 3.63) is 207 Å². The van der Waals surface area contributed by atoms with E-state index in [9.17, 15) is 0 Å². The molecule has 4 aromatic heterocycles. The predicted octanol–water partition coefficient (Wildman–Crippen LogP) is 13.9. The van der Waals surface area contributed by atoms with Crippen LogP contribution in [0.15, 0.2) is 207 Å². The first-order valence-electron chi connectivity index (χ1n) is 19.5. The third kappa shape index (κ3) is 5.87. The molecular weight excluding hydrogens is 705 g/mol. The van der Waals surface area contributed by atoms with E-state index in [4.69, 9.17) is 9.97 Å². The molecule has 4 heteroatoms. The fourth-order valence-electron chi connectivity index (χ4n) is 8.47. The van der Waals surface area contributed by atoms with Crippen molar-refractivity contribution in [3.8, 4) is 67.4 Å². The van der Waals surface area contributed by atoms with Crippen LogP contribution in [0.3, 0.4) is 0 Å². The summed E-state index contributed by atoms with van der Waals surface area (Å²) in [4.78, 5) is 19.3. The minimum Gasteiger partial charge on any atom is -0.256 e. The average Bonchev–Trinajstić information content (AvgIpc) is 3.31. The molecule has 7 aromatic carbocycles. The van der Waals surface area contributed by atoms with Gasteiger partial charge in [-0.1, -0.05) is 127 Å². The van der Waals surface area contributed by atoms with Gasteiger partial charge in [0.1, 0.15) is 0 Å². The fraction of sp³-hybridized carbons (Fsp3) is 0. The highest BCUT2D eigenvalue weighted by Gasteiger charge is 2.17. The number of hydrogen-bond donors (Lipinski definition) is 0. The molecule has 11 aromatic rings. The van der Waals surface area contributed by atoms with E-state index in [1.165, 1.54) is 48.7 Å². The number of benzene rings is 7. The second-order valence-corrected chi connectivity index (χ2v) is 14.6.